The summed E-state index contributed by atoms with van der Waals surface area (Å²) in [5.74, 6) is -0.177. The summed E-state index contributed by atoms with van der Waals surface area (Å²) < 4.78 is 5.24. The molecule has 0 radical (unpaired) electrons. The van der Waals surface area contributed by atoms with Crippen molar-refractivity contribution < 1.29 is 9.59 Å². The van der Waals surface area contributed by atoms with Crippen LogP contribution in [0.3, 0.4) is 0 Å². The van der Waals surface area contributed by atoms with Gasteiger partial charge in [-0.3, -0.25) is 9.59 Å². The molecule has 0 unspecified atom stereocenters. The lowest BCUT2D eigenvalue weighted by atomic mass is 10.0. The lowest BCUT2D eigenvalue weighted by molar-refractivity contribution is 0.0951. The van der Waals surface area contributed by atoms with Gasteiger partial charge in [0.05, 0.1) is 4.70 Å². The number of nitrogens with one attached hydrogen (secondary N) is 2. The highest BCUT2D eigenvalue weighted by atomic mass is 32.1. The van der Waals surface area contributed by atoms with Crippen LogP contribution in [0, 0.1) is 0 Å². The van der Waals surface area contributed by atoms with Crippen LogP contribution in [0.1, 0.15) is 39.3 Å². The molecule has 150 valence electrons. The molecule has 30 heavy (non-hydrogen) atoms. The molecular formula is C24H21N3O2S. The van der Waals surface area contributed by atoms with Crippen LogP contribution in [0.2, 0.25) is 0 Å². The van der Waals surface area contributed by atoms with Gasteiger partial charge in [-0.2, -0.15) is 4.37 Å². The molecule has 3 aromatic carbocycles. The fourth-order valence-electron chi connectivity index (χ4n) is 3.19. The van der Waals surface area contributed by atoms with Crippen LogP contribution in [0.25, 0.3) is 10.1 Å². The maximum absolute atomic E-state index is 12.6. The Morgan fingerprint density at radius 3 is 2.37 bits per heavy atom. The van der Waals surface area contributed by atoms with Crippen LogP contribution < -0.4 is 10.6 Å². The summed E-state index contributed by atoms with van der Waals surface area (Å²) in [6, 6.07) is 24.6. The quantitative estimate of drug-likeness (QED) is 0.461. The van der Waals surface area contributed by atoms with E-state index >= 15 is 0 Å². The molecule has 5 nitrogen and oxygen atoms in total. The molecule has 4 rings (SSSR count). The Morgan fingerprint density at radius 2 is 1.60 bits per heavy atom. The number of hydrogen-bond acceptors (Lipinski definition) is 4. The largest absolute Gasteiger partial charge is 0.351 e. The number of nitrogens with zero attached hydrogens (tertiary/aromatic N) is 1. The third kappa shape index (κ3) is 4.39. The summed E-state index contributed by atoms with van der Waals surface area (Å²) in [5.41, 5.74) is 2.76. The molecule has 0 bridgehead atoms. The van der Waals surface area contributed by atoms with E-state index in [4.69, 9.17) is 0 Å². The molecule has 1 heterocycles. The van der Waals surface area contributed by atoms with E-state index in [-0.39, 0.29) is 17.7 Å². The van der Waals surface area contributed by atoms with E-state index in [1.54, 1.807) is 24.3 Å². The van der Waals surface area contributed by atoms with Gasteiger partial charge in [-0.05, 0) is 53.3 Å². The monoisotopic (exact) mass is 415 g/mol. The van der Waals surface area contributed by atoms with Gasteiger partial charge >= 0.3 is 0 Å². The van der Waals surface area contributed by atoms with Crippen LogP contribution in [0.15, 0.2) is 78.9 Å². The maximum Gasteiger partial charge on any atom is 0.276 e. The van der Waals surface area contributed by atoms with Gasteiger partial charge in [0.1, 0.15) is 5.69 Å². The van der Waals surface area contributed by atoms with Gasteiger partial charge in [-0.1, -0.05) is 55.5 Å². The second kappa shape index (κ2) is 8.88. The van der Waals surface area contributed by atoms with Crippen molar-refractivity contribution in [2.45, 2.75) is 12.8 Å². The third-order valence-electron chi connectivity index (χ3n) is 4.93. The van der Waals surface area contributed by atoms with Crippen molar-refractivity contribution >= 4 is 39.1 Å². The van der Waals surface area contributed by atoms with E-state index in [1.807, 2.05) is 42.5 Å². The zero-order valence-electron chi connectivity index (χ0n) is 16.5. The Hall–Kier alpha value is -3.51. The van der Waals surface area contributed by atoms with Crippen LogP contribution in [0.4, 0.5) is 5.69 Å². The number of fused-ring (bicyclic) bond motifs is 1. The van der Waals surface area contributed by atoms with Crippen LogP contribution in [-0.2, 0) is 0 Å². The average Bonchev–Trinajstić information content (AvgIpc) is 3.23. The van der Waals surface area contributed by atoms with Crippen LogP contribution in [0.5, 0.6) is 0 Å². The summed E-state index contributed by atoms with van der Waals surface area (Å²) in [6.07, 6.45) is 0. The first-order chi connectivity index (χ1) is 14.6. The van der Waals surface area contributed by atoms with E-state index in [2.05, 4.69) is 34.1 Å². The second-order valence-corrected chi connectivity index (χ2v) is 7.89. The molecule has 0 aliphatic rings. The molecule has 6 heteroatoms. The number of hydrogen-bond donors (Lipinski definition) is 2. The molecule has 0 saturated carbocycles. The minimum Gasteiger partial charge on any atom is -0.351 e. The standard InChI is InChI=1S/C24H21N3O2S/c1-16(17-7-3-2-4-8-17)15-25-23(28)18-11-13-19(14-12-18)26-24(29)22-20-9-5-6-10-21(20)30-27-22/h2-14,16H,15H2,1H3,(H,25,28)(H,26,29)/t16-/m0/s1. The first kappa shape index (κ1) is 19.8. The van der Waals surface area contributed by atoms with Crippen molar-refractivity contribution in [2.75, 3.05) is 11.9 Å². The van der Waals surface area contributed by atoms with Crippen molar-refractivity contribution in [3.05, 3.63) is 95.7 Å². The lowest BCUT2D eigenvalue weighted by Crippen LogP contribution is -2.27. The van der Waals surface area contributed by atoms with E-state index < -0.39 is 0 Å². The fourth-order valence-corrected chi connectivity index (χ4v) is 3.97. The van der Waals surface area contributed by atoms with Crippen molar-refractivity contribution in [2.24, 2.45) is 0 Å². The SMILES string of the molecule is C[C@@H](CNC(=O)c1ccc(NC(=O)c2nsc3ccccc23)cc1)c1ccccc1. The van der Waals surface area contributed by atoms with Crippen molar-refractivity contribution in [1.82, 2.24) is 9.69 Å². The second-order valence-electron chi connectivity index (χ2n) is 7.08. The Balaban J connectivity index is 1.36. The number of rotatable bonds is 6. The van der Waals surface area contributed by atoms with E-state index in [0.717, 1.165) is 10.1 Å². The fraction of sp³-hybridized carbons (Fsp3) is 0.125. The molecule has 0 fully saturated rings. The molecular weight excluding hydrogens is 394 g/mol. The lowest BCUT2D eigenvalue weighted by Gasteiger charge is -2.13. The number of carbonyl (C=O) groups is 2. The molecule has 0 aliphatic carbocycles. The first-order valence-electron chi connectivity index (χ1n) is 9.71. The molecule has 0 aliphatic heterocycles. The Morgan fingerprint density at radius 1 is 0.900 bits per heavy atom. The molecule has 1 aromatic heterocycles. The van der Waals surface area contributed by atoms with Gasteiger partial charge in [-0.15, -0.1) is 0 Å². The van der Waals surface area contributed by atoms with Gasteiger partial charge in [0, 0.05) is 23.2 Å². The van der Waals surface area contributed by atoms with Crippen molar-refractivity contribution in [1.29, 1.82) is 0 Å². The Bertz CT molecular complexity index is 1170. The van der Waals surface area contributed by atoms with Gasteiger partial charge in [0.2, 0.25) is 0 Å². The van der Waals surface area contributed by atoms with Crippen molar-refractivity contribution in [3.63, 3.8) is 0 Å². The minimum absolute atomic E-state index is 0.138. The predicted octanol–water partition coefficient (Wildman–Crippen LogP) is 5.08. The number of anilines is 1. The zero-order valence-corrected chi connectivity index (χ0v) is 17.3. The summed E-state index contributed by atoms with van der Waals surface area (Å²) in [5, 5.41) is 6.65. The Labute approximate surface area is 178 Å². The first-order valence-corrected chi connectivity index (χ1v) is 10.5. The van der Waals surface area contributed by atoms with E-state index in [0.29, 0.717) is 23.5 Å². The van der Waals surface area contributed by atoms with Gasteiger partial charge in [0.15, 0.2) is 0 Å². The zero-order chi connectivity index (χ0) is 20.9. The van der Waals surface area contributed by atoms with Crippen LogP contribution in [-0.4, -0.2) is 22.7 Å². The van der Waals surface area contributed by atoms with E-state index in [9.17, 15) is 9.59 Å². The molecule has 2 amide bonds. The maximum atomic E-state index is 12.6. The predicted molar refractivity (Wildman–Crippen MR) is 121 cm³/mol. The topological polar surface area (TPSA) is 71.1 Å². The molecule has 2 N–H and O–H groups in total. The number of benzene rings is 3. The van der Waals surface area contributed by atoms with E-state index in [1.165, 1.54) is 17.1 Å². The number of aromatic nitrogens is 1. The average molecular weight is 416 g/mol. The van der Waals surface area contributed by atoms with Crippen molar-refractivity contribution in [3.8, 4) is 0 Å². The summed E-state index contributed by atoms with van der Waals surface area (Å²) in [4.78, 5) is 25.0. The molecule has 0 spiro atoms. The molecule has 1 atom stereocenters. The third-order valence-corrected chi connectivity index (χ3v) is 5.76. The highest BCUT2D eigenvalue weighted by Crippen LogP contribution is 2.23. The van der Waals surface area contributed by atoms with Gasteiger partial charge in [-0.25, -0.2) is 0 Å². The smallest absolute Gasteiger partial charge is 0.276 e. The summed E-state index contributed by atoms with van der Waals surface area (Å²) in [7, 11) is 0. The highest BCUT2D eigenvalue weighted by molar-refractivity contribution is 7.13. The summed E-state index contributed by atoms with van der Waals surface area (Å²) in [6.45, 7) is 2.63. The highest BCUT2D eigenvalue weighted by Gasteiger charge is 2.15. The number of amides is 2. The van der Waals surface area contributed by atoms with Crippen LogP contribution >= 0.6 is 11.5 Å². The molecule has 4 aromatic rings. The Kier molecular flexibility index (Phi) is 5.86. The normalized spacial score (nSPS) is 11.8. The minimum atomic E-state index is -0.263. The van der Waals surface area contributed by atoms with Gasteiger partial charge < -0.3 is 10.6 Å². The number of carbonyl (C=O) groups excluding carboxylic acids is 2. The van der Waals surface area contributed by atoms with Gasteiger partial charge in [0.25, 0.3) is 11.8 Å². The summed E-state index contributed by atoms with van der Waals surface area (Å²) >= 11 is 1.30. The molecule has 0 saturated heterocycles.